The molecule has 12 heavy (non-hydrogen) atoms. The van der Waals surface area contributed by atoms with Gasteiger partial charge < -0.3 is 0 Å². The van der Waals surface area contributed by atoms with Crippen molar-refractivity contribution >= 4 is 21.4 Å². The summed E-state index contributed by atoms with van der Waals surface area (Å²) in [7, 11) is -2.94. The van der Waals surface area contributed by atoms with Gasteiger partial charge in [-0.2, -0.15) is 5.26 Å². The molecule has 0 aliphatic rings. The topological polar surface area (TPSA) is 57.9 Å². The van der Waals surface area contributed by atoms with Crippen LogP contribution >= 0.6 is 11.6 Å². The summed E-state index contributed by atoms with van der Waals surface area (Å²) in [5.41, 5.74) is 0. The first kappa shape index (κ1) is 11.7. The average molecular weight is 210 g/mol. The van der Waals surface area contributed by atoms with Crippen LogP contribution in [0.1, 0.15) is 13.3 Å². The van der Waals surface area contributed by atoms with Crippen molar-refractivity contribution in [3.8, 4) is 6.07 Å². The molecule has 0 aliphatic heterocycles. The molecule has 0 fully saturated rings. The van der Waals surface area contributed by atoms with Crippen LogP contribution in [0.3, 0.4) is 0 Å². The van der Waals surface area contributed by atoms with Gasteiger partial charge in [-0.25, -0.2) is 8.42 Å². The number of alkyl halides is 1. The Morgan fingerprint density at radius 2 is 2.17 bits per heavy atom. The molecule has 0 radical (unpaired) electrons. The number of nitrogens with zero attached hydrogens (tertiary/aromatic N) is 1. The normalized spacial score (nSPS) is 13.8. The zero-order valence-corrected chi connectivity index (χ0v) is 8.53. The van der Waals surface area contributed by atoms with Crippen LogP contribution < -0.4 is 0 Å². The molecular weight excluding hydrogens is 198 g/mol. The Balaban J connectivity index is 3.92. The summed E-state index contributed by atoms with van der Waals surface area (Å²) < 4.78 is 22.0. The third-order valence-corrected chi connectivity index (χ3v) is 3.70. The summed E-state index contributed by atoms with van der Waals surface area (Å²) in [5.74, 6) is 0.0606. The lowest BCUT2D eigenvalue weighted by Crippen LogP contribution is -2.12. The lowest BCUT2D eigenvalue weighted by atomic mass is 10.1. The van der Waals surface area contributed by atoms with E-state index in [-0.39, 0.29) is 23.3 Å². The number of hydrogen-bond acceptors (Lipinski definition) is 3. The van der Waals surface area contributed by atoms with Crippen LogP contribution in [0.25, 0.3) is 0 Å². The van der Waals surface area contributed by atoms with Crippen molar-refractivity contribution in [3.63, 3.8) is 0 Å². The maximum absolute atomic E-state index is 11.0. The third-order valence-electron chi connectivity index (χ3n) is 1.59. The highest BCUT2D eigenvalue weighted by Gasteiger charge is 2.12. The van der Waals surface area contributed by atoms with E-state index < -0.39 is 9.84 Å². The molecule has 5 heteroatoms. The molecule has 0 aromatic heterocycles. The molecule has 0 saturated carbocycles. The zero-order chi connectivity index (χ0) is 9.61. The Labute approximate surface area is 78.3 Å². The van der Waals surface area contributed by atoms with E-state index in [1.54, 1.807) is 6.92 Å². The van der Waals surface area contributed by atoms with E-state index in [9.17, 15) is 8.42 Å². The molecule has 0 bridgehead atoms. The number of sulfone groups is 1. The largest absolute Gasteiger partial charge is 0.229 e. The molecule has 0 aromatic rings. The lowest BCUT2D eigenvalue weighted by Gasteiger charge is -2.03. The van der Waals surface area contributed by atoms with Crippen LogP contribution in [0.2, 0.25) is 0 Å². The molecule has 0 amide bonds. The second-order valence-electron chi connectivity index (χ2n) is 2.51. The van der Waals surface area contributed by atoms with Crippen LogP contribution in [0.15, 0.2) is 0 Å². The summed E-state index contributed by atoms with van der Waals surface area (Å²) in [6.45, 7) is 1.59. The number of hydrogen-bond donors (Lipinski definition) is 0. The molecule has 0 heterocycles. The van der Waals surface area contributed by atoms with E-state index in [1.165, 1.54) is 0 Å². The van der Waals surface area contributed by atoms with Gasteiger partial charge in [0.25, 0.3) is 0 Å². The SMILES string of the molecule is CCS(=O)(=O)CCC(C#N)CCl. The smallest absolute Gasteiger partial charge is 0.150 e. The highest BCUT2D eigenvalue weighted by Crippen LogP contribution is 2.06. The summed E-state index contributed by atoms with van der Waals surface area (Å²) in [5, 5.41) is 8.47. The Bertz CT molecular complexity index is 255. The molecule has 0 saturated heterocycles. The van der Waals surface area contributed by atoms with Gasteiger partial charge in [-0.1, -0.05) is 6.92 Å². The van der Waals surface area contributed by atoms with Crippen LogP contribution in [-0.4, -0.2) is 25.8 Å². The van der Waals surface area contributed by atoms with Gasteiger partial charge in [-0.05, 0) is 6.42 Å². The van der Waals surface area contributed by atoms with Crippen molar-refractivity contribution in [1.82, 2.24) is 0 Å². The molecule has 0 N–H and O–H groups in total. The van der Waals surface area contributed by atoms with Gasteiger partial charge in [0.05, 0.1) is 17.7 Å². The van der Waals surface area contributed by atoms with Gasteiger partial charge in [-0.15, -0.1) is 11.6 Å². The molecule has 1 atom stereocenters. The minimum absolute atomic E-state index is 0.0639. The van der Waals surface area contributed by atoms with E-state index in [0.29, 0.717) is 6.42 Å². The molecule has 3 nitrogen and oxygen atoms in total. The molecule has 0 rings (SSSR count). The minimum Gasteiger partial charge on any atom is -0.229 e. The molecule has 0 spiro atoms. The van der Waals surface area contributed by atoms with Gasteiger partial charge >= 0.3 is 0 Å². The fraction of sp³-hybridized carbons (Fsp3) is 0.857. The van der Waals surface area contributed by atoms with E-state index in [2.05, 4.69) is 0 Å². The van der Waals surface area contributed by atoms with Crippen molar-refractivity contribution in [3.05, 3.63) is 0 Å². The Morgan fingerprint density at radius 1 is 1.58 bits per heavy atom. The standard InChI is InChI=1S/C7H12ClNO2S/c1-2-12(10,11)4-3-7(5-8)6-9/h7H,2-5H2,1H3. The van der Waals surface area contributed by atoms with E-state index in [0.717, 1.165) is 0 Å². The monoisotopic (exact) mass is 209 g/mol. The van der Waals surface area contributed by atoms with Crippen LogP contribution in [0, 0.1) is 17.2 Å². The first-order valence-electron chi connectivity index (χ1n) is 3.71. The van der Waals surface area contributed by atoms with Gasteiger partial charge in [0.2, 0.25) is 0 Å². The third kappa shape index (κ3) is 4.58. The van der Waals surface area contributed by atoms with Crippen LogP contribution in [-0.2, 0) is 9.84 Å². The second kappa shape index (κ2) is 5.39. The second-order valence-corrected chi connectivity index (χ2v) is 5.29. The predicted molar refractivity (Wildman–Crippen MR) is 48.8 cm³/mol. The zero-order valence-electron chi connectivity index (χ0n) is 6.96. The van der Waals surface area contributed by atoms with E-state index >= 15 is 0 Å². The fourth-order valence-corrected chi connectivity index (χ4v) is 1.80. The number of rotatable bonds is 5. The molecule has 0 aliphatic carbocycles. The highest BCUT2D eigenvalue weighted by molar-refractivity contribution is 7.91. The Kier molecular flexibility index (Phi) is 5.27. The summed E-state index contributed by atoms with van der Waals surface area (Å²) in [4.78, 5) is 0. The lowest BCUT2D eigenvalue weighted by molar-refractivity contribution is 0.588. The Morgan fingerprint density at radius 3 is 2.50 bits per heavy atom. The quantitative estimate of drug-likeness (QED) is 0.640. The minimum atomic E-state index is -2.94. The average Bonchev–Trinajstić information content (AvgIpc) is 2.06. The Hall–Kier alpha value is -0.270. The highest BCUT2D eigenvalue weighted by atomic mass is 35.5. The number of halogens is 1. The maximum Gasteiger partial charge on any atom is 0.150 e. The number of nitriles is 1. The van der Waals surface area contributed by atoms with Gasteiger partial charge in [-0.3, -0.25) is 0 Å². The predicted octanol–water partition coefficient (Wildman–Crippen LogP) is 1.19. The first-order valence-corrected chi connectivity index (χ1v) is 6.07. The molecule has 1 unspecified atom stereocenters. The van der Waals surface area contributed by atoms with Gasteiger partial charge in [0.15, 0.2) is 0 Å². The van der Waals surface area contributed by atoms with E-state index in [4.69, 9.17) is 16.9 Å². The van der Waals surface area contributed by atoms with Crippen molar-refractivity contribution in [2.24, 2.45) is 5.92 Å². The first-order chi connectivity index (χ1) is 5.55. The van der Waals surface area contributed by atoms with Crippen molar-refractivity contribution in [2.75, 3.05) is 17.4 Å². The summed E-state index contributed by atoms with van der Waals surface area (Å²) >= 11 is 5.42. The maximum atomic E-state index is 11.0. The van der Waals surface area contributed by atoms with Crippen LogP contribution in [0.5, 0.6) is 0 Å². The van der Waals surface area contributed by atoms with Crippen LogP contribution in [0.4, 0.5) is 0 Å². The van der Waals surface area contributed by atoms with Crippen molar-refractivity contribution in [1.29, 1.82) is 5.26 Å². The fourth-order valence-electron chi connectivity index (χ4n) is 0.642. The summed E-state index contributed by atoms with van der Waals surface area (Å²) in [6.07, 6.45) is 0.343. The molecular formula is C7H12ClNO2S. The molecule has 0 aromatic carbocycles. The summed E-state index contributed by atoms with van der Waals surface area (Å²) in [6, 6.07) is 1.95. The van der Waals surface area contributed by atoms with Gasteiger partial charge in [0, 0.05) is 11.6 Å². The van der Waals surface area contributed by atoms with Gasteiger partial charge in [0.1, 0.15) is 9.84 Å². The van der Waals surface area contributed by atoms with Crippen molar-refractivity contribution < 1.29 is 8.42 Å². The van der Waals surface area contributed by atoms with E-state index in [1.807, 2.05) is 6.07 Å². The molecule has 70 valence electrons. The van der Waals surface area contributed by atoms with Crippen molar-refractivity contribution in [2.45, 2.75) is 13.3 Å².